The molecule has 2 aliphatic rings. The molecule has 2 heterocycles. The SMILES string of the molecule is CN1[C@H]2CC[C@H](OC(=O)[C@@H](CO)c3ccccc3)[C@H]1CC2. The first-order valence-electron chi connectivity index (χ1n) is 7.79. The zero-order chi connectivity index (χ0) is 14.8. The highest BCUT2D eigenvalue weighted by Crippen LogP contribution is 2.36. The van der Waals surface area contributed by atoms with Crippen molar-refractivity contribution in [1.29, 1.82) is 0 Å². The number of ether oxygens (including phenoxy) is 1. The van der Waals surface area contributed by atoms with E-state index >= 15 is 0 Å². The molecule has 0 aliphatic carbocycles. The first kappa shape index (κ1) is 14.5. The first-order valence-corrected chi connectivity index (χ1v) is 7.79. The third-order valence-corrected chi connectivity index (χ3v) is 5.04. The van der Waals surface area contributed by atoms with Gasteiger partial charge in [-0.15, -0.1) is 0 Å². The van der Waals surface area contributed by atoms with Crippen LogP contribution in [0.1, 0.15) is 37.2 Å². The van der Waals surface area contributed by atoms with Crippen molar-refractivity contribution in [2.45, 2.75) is 49.8 Å². The highest BCUT2D eigenvalue weighted by atomic mass is 16.5. The summed E-state index contributed by atoms with van der Waals surface area (Å²) in [5, 5.41) is 9.55. The molecule has 2 bridgehead atoms. The van der Waals surface area contributed by atoms with E-state index in [-0.39, 0.29) is 18.7 Å². The van der Waals surface area contributed by atoms with Crippen molar-refractivity contribution in [3.8, 4) is 0 Å². The Morgan fingerprint density at radius 1 is 1.29 bits per heavy atom. The Balaban J connectivity index is 1.68. The molecule has 0 radical (unpaired) electrons. The summed E-state index contributed by atoms with van der Waals surface area (Å²) in [7, 11) is 2.13. The Morgan fingerprint density at radius 2 is 2.00 bits per heavy atom. The van der Waals surface area contributed by atoms with Crippen LogP contribution >= 0.6 is 0 Å². The molecule has 1 aromatic rings. The van der Waals surface area contributed by atoms with Crippen LogP contribution in [0, 0.1) is 0 Å². The van der Waals surface area contributed by atoms with E-state index in [0.29, 0.717) is 12.1 Å². The summed E-state index contributed by atoms with van der Waals surface area (Å²) >= 11 is 0. The maximum Gasteiger partial charge on any atom is 0.316 e. The predicted octanol–water partition coefficient (Wildman–Crippen LogP) is 1.93. The third kappa shape index (κ3) is 2.83. The van der Waals surface area contributed by atoms with E-state index in [9.17, 15) is 9.90 Å². The lowest BCUT2D eigenvalue weighted by atomic mass is 9.98. The van der Waals surface area contributed by atoms with E-state index in [1.54, 1.807) is 0 Å². The van der Waals surface area contributed by atoms with Crippen molar-refractivity contribution in [1.82, 2.24) is 4.90 Å². The lowest BCUT2D eigenvalue weighted by Crippen LogP contribution is -2.47. The van der Waals surface area contributed by atoms with E-state index in [1.807, 2.05) is 30.3 Å². The number of esters is 1. The number of fused-ring (bicyclic) bond motifs is 2. The third-order valence-electron chi connectivity index (χ3n) is 5.04. The Kier molecular flexibility index (Phi) is 4.27. The first-order chi connectivity index (χ1) is 10.2. The summed E-state index contributed by atoms with van der Waals surface area (Å²) in [4.78, 5) is 14.8. The average Bonchev–Trinajstić information content (AvgIpc) is 2.73. The van der Waals surface area contributed by atoms with E-state index in [0.717, 1.165) is 24.8 Å². The molecule has 4 heteroatoms. The lowest BCUT2D eigenvalue weighted by Gasteiger charge is -2.37. The molecule has 0 unspecified atom stereocenters. The molecule has 1 N–H and O–H groups in total. The highest BCUT2D eigenvalue weighted by Gasteiger charge is 2.42. The van der Waals surface area contributed by atoms with Crippen LogP contribution in [-0.4, -0.2) is 47.8 Å². The Morgan fingerprint density at radius 3 is 2.71 bits per heavy atom. The summed E-state index contributed by atoms with van der Waals surface area (Å²) in [6.07, 6.45) is 4.32. The van der Waals surface area contributed by atoms with Crippen LogP contribution in [0.4, 0.5) is 0 Å². The van der Waals surface area contributed by atoms with Gasteiger partial charge >= 0.3 is 5.97 Å². The number of hydrogen-bond donors (Lipinski definition) is 1. The Bertz CT molecular complexity index is 490. The number of aliphatic hydroxyl groups excluding tert-OH is 1. The molecule has 0 amide bonds. The van der Waals surface area contributed by atoms with Crippen molar-refractivity contribution >= 4 is 5.97 Å². The van der Waals surface area contributed by atoms with Crippen LogP contribution < -0.4 is 0 Å². The van der Waals surface area contributed by atoms with Crippen LogP contribution in [-0.2, 0) is 9.53 Å². The van der Waals surface area contributed by atoms with Crippen molar-refractivity contribution in [3.63, 3.8) is 0 Å². The van der Waals surface area contributed by atoms with Crippen LogP contribution in [0.3, 0.4) is 0 Å². The second-order valence-electron chi connectivity index (χ2n) is 6.16. The van der Waals surface area contributed by atoms with Gasteiger partial charge in [0, 0.05) is 12.1 Å². The Hall–Kier alpha value is -1.39. The molecular formula is C17H23NO3. The van der Waals surface area contributed by atoms with Crippen LogP contribution in [0.25, 0.3) is 0 Å². The monoisotopic (exact) mass is 289 g/mol. The lowest BCUT2D eigenvalue weighted by molar-refractivity contribution is -0.157. The maximum atomic E-state index is 12.4. The highest BCUT2D eigenvalue weighted by molar-refractivity contribution is 5.78. The van der Waals surface area contributed by atoms with Gasteiger partial charge in [0.25, 0.3) is 0 Å². The van der Waals surface area contributed by atoms with E-state index in [2.05, 4.69) is 11.9 Å². The van der Waals surface area contributed by atoms with Gasteiger partial charge in [-0.2, -0.15) is 0 Å². The molecule has 21 heavy (non-hydrogen) atoms. The maximum absolute atomic E-state index is 12.4. The Labute approximate surface area is 125 Å². The van der Waals surface area contributed by atoms with Crippen molar-refractivity contribution in [2.24, 2.45) is 0 Å². The number of nitrogens with zero attached hydrogens (tertiary/aromatic N) is 1. The summed E-state index contributed by atoms with van der Waals surface area (Å²) < 4.78 is 5.76. The number of rotatable bonds is 4. The largest absolute Gasteiger partial charge is 0.460 e. The van der Waals surface area contributed by atoms with E-state index in [4.69, 9.17) is 4.74 Å². The van der Waals surface area contributed by atoms with Gasteiger partial charge in [0.05, 0.1) is 6.61 Å². The zero-order valence-electron chi connectivity index (χ0n) is 12.4. The zero-order valence-corrected chi connectivity index (χ0v) is 12.4. The fraction of sp³-hybridized carbons (Fsp3) is 0.588. The number of aliphatic hydroxyl groups is 1. The quantitative estimate of drug-likeness (QED) is 0.861. The normalized spacial score (nSPS) is 30.1. The standard InChI is InChI=1S/C17H23NO3/c1-18-13-7-9-15(18)16(10-8-13)21-17(20)14(11-19)12-5-3-2-4-6-12/h2-6,13-16,19H,7-11H2,1H3/t13-,14+,15-,16+/m1/s1. The minimum Gasteiger partial charge on any atom is -0.460 e. The van der Waals surface area contributed by atoms with Gasteiger partial charge in [-0.1, -0.05) is 30.3 Å². The molecule has 0 spiro atoms. The van der Waals surface area contributed by atoms with Gasteiger partial charge in [-0.05, 0) is 38.3 Å². The van der Waals surface area contributed by atoms with Gasteiger partial charge in [0.1, 0.15) is 12.0 Å². The van der Waals surface area contributed by atoms with Crippen LogP contribution in [0.2, 0.25) is 0 Å². The molecule has 0 aromatic heterocycles. The van der Waals surface area contributed by atoms with Crippen LogP contribution in [0.15, 0.2) is 30.3 Å². The summed E-state index contributed by atoms with van der Waals surface area (Å²) in [5.41, 5.74) is 0.818. The van der Waals surface area contributed by atoms with Gasteiger partial charge in [-0.3, -0.25) is 9.69 Å². The predicted molar refractivity (Wildman–Crippen MR) is 80.0 cm³/mol. The van der Waals surface area contributed by atoms with E-state index < -0.39 is 5.92 Å². The van der Waals surface area contributed by atoms with E-state index in [1.165, 1.54) is 6.42 Å². The minimum atomic E-state index is -0.573. The number of benzene rings is 1. The smallest absolute Gasteiger partial charge is 0.316 e. The molecule has 4 nitrogen and oxygen atoms in total. The van der Waals surface area contributed by atoms with Gasteiger partial charge in [0.2, 0.25) is 0 Å². The fourth-order valence-electron chi connectivity index (χ4n) is 3.76. The molecule has 114 valence electrons. The molecular weight excluding hydrogens is 266 g/mol. The van der Waals surface area contributed by atoms with Gasteiger partial charge in [0.15, 0.2) is 0 Å². The van der Waals surface area contributed by atoms with Gasteiger partial charge in [-0.25, -0.2) is 0 Å². The van der Waals surface area contributed by atoms with Crippen molar-refractivity contribution in [2.75, 3.05) is 13.7 Å². The molecule has 2 fully saturated rings. The second-order valence-corrected chi connectivity index (χ2v) is 6.16. The van der Waals surface area contributed by atoms with Gasteiger partial charge < -0.3 is 9.84 Å². The number of hydrogen-bond acceptors (Lipinski definition) is 4. The fourth-order valence-corrected chi connectivity index (χ4v) is 3.76. The molecule has 2 saturated heterocycles. The minimum absolute atomic E-state index is 0.0287. The molecule has 0 saturated carbocycles. The van der Waals surface area contributed by atoms with Crippen molar-refractivity contribution < 1.29 is 14.6 Å². The van der Waals surface area contributed by atoms with Crippen LogP contribution in [0.5, 0.6) is 0 Å². The topological polar surface area (TPSA) is 49.8 Å². The number of piperidine rings is 1. The number of carbonyl (C=O) groups is 1. The average molecular weight is 289 g/mol. The second kappa shape index (κ2) is 6.16. The number of carbonyl (C=O) groups excluding carboxylic acids is 1. The summed E-state index contributed by atoms with van der Waals surface area (Å²) in [6.45, 7) is -0.210. The summed E-state index contributed by atoms with van der Waals surface area (Å²) in [5.74, 6) is -0.872. The molecule has 4 atom stereocenters. The molecule has 3 rings (SSSR count). The molecule has 1 aromatic carbocycles. The summed E-state index contributed by atoms with van der Waals surface area (Å²) in [6, 6.07) is 10.4. The van der Waals surface area contributed by atoms with Crippen molar-refractivity contribution in [3.05, 3.63) is 35.9 Å². The molecule has 2 aliphatic heterocycles. The number of likely N-dealkylation sites (N-methyl/N-ethyl adjacent to an activating group) is 1.